The number of aryl methyl sites for hydroxylation is 1. The Kier molecular flexibility index (Phi) is 3.20. The molecule has 0 aliphatic heterocycles. The number of carbonyl (C=O) groups is 1. The molecule has 20 heavy (non-hydrogen) atoms. The van der Waals surface area contributed by atoms with E-state index in [1.54, 1.807) is 0 Å². The van der Waals surface area contributed by atoms with Crippen molar-refractivity contribution in [2.45, 2.75) is 0 Å². The summed E-state index contributed by atoms with van der Waals surface area (Å²) in [6, 6.07) is 17.0. The van der Waals surface area contributed by atoms with Crippen molar-refractivity contribution in [3.05, 3.63) is 65.3 Å². The van der Waals surface area contributed by atoms with Crippen LogP contribution in [0.3, 0.4) is 0 Å². The second kappa shape index (κ2) is 5.02. The number of benzene rings is 2. The highest BCUT2D eigenvalue weighted by Gasteiger charge is 2.19. The van der Waals surface area contributed by atoms with E-state index in [2.05, 4.69) is 5.32 Å². The fraction of sp³-hybridized carbons (Fsp3) is 0.0625. The number of aromatic nitrogens is 1. The Bertz CT molecular complexity index is 778. The Morgan fingerprint density at radius 1 is 1.05 bits per heavy atom. The molecule has 0 aliphatic carbocycles. The minimum atomic E-state index is -0.196. The number of hydrogen-bond acceptors (Lipinski definition) is 1. The Hall–Kier alpha value is -2.26. The number of carbonyl (C=O) groups excluding carboxylic acids is 1. The maximum atomic E-state index is 12.5. The summed E-state index contributed by atoms with van der Waals surface area (Å²) in [5.41, 5.74) is 2.20. The third-order valence-electron chi connectivity index (χ3n) is 3.29. The van der Waals surface area contributed by atoms with Gasteiger partial charge >= 0.3 is 0 Å². The predicted octanol–water partition coefficient (Wildman–Crippen LogP) is 4.08. The Balaban J connectivity index is 2.06. The van der Waals surface area contributed by atoms with Crippen molar-refractivity contribution in [3.8, 4) is 0 Å². The lowest BCUT2D eigenvalue weighted by molar-refractivity contribution is 0.102. The van der Waals surface area contributed by atoms with Gasteiger partial charge in [0.1, 0.15) is 5.15 Å². The van der Waals surface area contributed by atoms with Gasteiger partial charge in [0.25, 0.3) is 5.91 Å². The van der Waals surface area contributed by atoms with Crippen molar-refractivity contribution in [1.29, 1.82) is 0 Å². The third kappa shape index (κ3) is 2.06. The second-order valence-corrected chi connectivity index (χ2v) is 4.92. The molecule has 100 valence electrons. The predicted molar refractivity (Wildman–Crippen MR) is 82.3 cm³/mol. The molecule has 0 radical (unpaired) electrons. The van der Waals surface area contributed by atoms with Crippen LogP contribution < -0.4 is 5.32 Å². The van der Waals surface area contributed by atoms with Crippen molar-refractivity contribution in [2.75, 3.05) is 5.32 Å². The zero-order chi connectivity index (χ0) is 14.1. The van der Waals surface area contributed by atoms with Gasteiger partial charge in [0.2, 0.25) is 0 Å². The van der Waals surface area contributed by atoms with E-state index in [9.17, 15) is 4.79 Å². The maximum Gasteiger partial charge on any atom is 0.259 e. The number of nitrogens with one attached hydrogen (secondary N) is 1. The number of rotatable bonds is 2. The lowest BCUT2D eigenvalue weighted by atomic mass is 10.1. The van der Waals surface area contributed by atoms with Gasteiger partial charge in [-0.15, -0.1) is 0 Å². The van der Waals surface area contributed by atoms with Gasteiger partial charge in [-0.25, -0.2) is 0 Å². The monoisotopic (exact) mass is 284 g/mol. The summed E-state index contributed by atoms with van der Waals surface area (Å²) in [4.78, 5) is 12.5. The van der Waals surface area contributed by atoms with Gasteiger partial charge in [0, 0.05) is 23.6 Å². The molecule has 0 saturated carbocycles. The fourth-order valence-corrected chi connectivity index (χ4v) is 2.57. The van der Waals surface area contributed by atoms with Gasteiger partial charge in [-0.1, -0.05) is 48.0 Å². The van der Waals surface area contributed by atoms with Crippen LogP contribution in [0.25, 0.3) is 10.9 Å². The summed E-state index contributed by atoms with van der Waals surface area (Å²) in [7, 11) is 1.85. The number of hydrogen-bond donors (Lipinski definition) is 1. The second-order valence-electron chi connectivity index (χ2n) is 4.56. The number of fused-ring (bicyclic) bond motifs is 1. The average molecular weight is 285 g/mol. The maximum absolute atomic E-state index is 12.5. The SMILES string of the molecule is Cn1c(Cl)c(C(=O)Nc2ccccc2)c2ccccc21. The summed E-state index contributed by atoms with van der Waals surface area (Å²) in [6.45, 7) is 0. The highest BCUT2D eigenvalue weighted by atomic mass is 35.5. The zero-order valence-electron chi connectivity index (χ0n) is 10.9. The Labute approximate surface area is 121 Å². The van der Waals surface area contributed by atoms with Crippen LogP contribution in [0.4, 0.5) is 5.69 Å². The Morgan fingerprint density at radius 2 is 1.70 bits per heavy atom. The summed E-state index contributed by atoms with van der Waals surface area (Å²) in [5, 5.41) is 4.17. The summed E-state index contributed by atoms with van der Waals surface area (Å²) < 4.78 is 1.82. The van der Waals surface area contributed by atoms with Crippen LogP contribution in [-0.4, -0.2) is 10.5 Å². The zero-order valence-corrected chi connectivity index (χ0v) is 11.7. The molecule has 1 amide bonds. The van der Waals surface area contributed by atoms with Gasteiger partial charge in [0.05, 0.1) is 5.56 Å². The molecule has 3 aromatic rings. The van der Waals surface area contributed by atoms with E-state index in [0.29, 0.717) is 10.7 Å². The molecule has 3 rings (SSSR count). The topological polar surface area (TPSA) is 34.0 Å². The van der Waals surface area contributed by atoms with Crippen LogP contribution in [0.2, 0.25) is 5.15 Å². The first kappa shape index (κ1) is 12.8. The van der Waals surface area contributed by atoms with Crippen molar-refractivity contribution in [1.82, 2.24) is 4.57 Å². The van der Waals surface area contributed by atoms with Gasteiger partial charge < -0.3 is 9.88 Å². The van der Waals surface area contributed by atoms with Crippen LogP contribution in [-0.2, 0) is 7.05 Å². The minimum Gasteiger partial charge on any atom is -0.334 e. The molecule has 4 heteroatoms. The molecule has 0 unspecified atom stereocenters. The lowest BCUT2D eigenvalue weighted by Gasteiger charge is -2.04. The van der Waals surface area contributed by atoms with E-state index in [1.165, 1.54) is 0 Å². The molecule has 0 fully saturated rings. The fourth-order valence-electron chi connectivity index (χ4n) is 2.29. The third-order valence-corrected chi connectivity index (χ3v) is 3.74. The number of nitrogens with zero attached hydrogens (tertiary/aromatic N) is 1. The molecular weight excluding hydrogens is 272 g/mol. The molecule has 2 aromatic carbocycles. The summed E-state index contributed by atoms with van der Waals surface area (Å²) in [6.07, 6.45) is 0. The quantitative estimate of drug-likeness (QED) is 0.756. The van der Waals surface area contributed by atoms with E-state index in [0.717, 1.165) is 16.6 Å². The number of anilines is 1. The minimum absolute atomic E-state index is 0.196. The normalized spacial score (nSPS) is 10.7. The van der Waals surface area contributed by atoms with Crippen LogP contribution in [0, 0.1) is 0 Å². The van der Waals surface area contributed by atoms with Crippen LogP contribution in [0.1, 0.15) is 10.4 Å². The van der Waals surface area contributed by atoms with Crippen LogP contribution in [0.5, 0.6) is 0 Å². The van der Waals surface area contributed by atoms with E-state index >= 15 is 0 Å². The molecule has 0 aliphatic rings. The first-order valence-electron chi connectivity index (χ1n) is 6.28. The first-order chi connectivity index (χ1) is 9.68. The average Bonchev–Trinajstić information content (AvgIpc) is 2.72. The number of para-hydroxylation sites is 2. The molecule has 0 atom stereocenters. The highest BCUT2D eigenvalue weighted by molar-refractivity contribution is 6.36. The number of amides is 1. The smallest absolute Gasteiger partial charge is 0.259 e. The molecule has 1 N–H and O–H groups in total. The van der Waals surface area contributed by atoms with Crippen molar-refractivity contribution < 1.29 is 4.79 Å². The molecule has 0 saturated heterocycles. The van der Waals surface area contributed by atoms with Crippen molar-refractivity contribution >= 4 is 34.1 Å². The Morgan fingerprint density at radius 3 is 2.45 bits per heavy atom. The van der Waals surface area contributed by atoms with E-state index in [-0.39, 0.29) is 5.91 Å². The lowest BCUT2D eigenvalue weighted by Crippen LogP contribution is -2.12. The molecule has 0 spiro atoms. The van der Waals surface area contributed by atoms with Gasteiger partial charge in [-0.05, 0) is 18.2 Å². The van der Waals surface area contributed by atoms with E-state index < -0.39 is 0 Å². The van der Waals surface area contributed by atoms with Gasteiger partial charge in [-0.3, -0.25) is 4.79 Å². The van der Waals surface area contributed by atoms with Gasteiger partial charge in [0.15, 0.2) is 0 Å². The molecule has 1 heterocycles. The number of halogens is 1. The van der Waals surface area contributed by atoms with Gasteiger partial charge in [-0.2, -0.15) is 0 Å². The molecular formula is C16H13ClN2O. The molecule has 3 nitrogen and oxygen atoms in total. The molecule has 1 aromatic heterocycles. The molecule has 0 bridgehead atoms. The largest absolute Gasteiger partial charge is 0.334 e. The van der Waals surface area contributed by atoms with Crippen LogP contribution in [0.15, 0.2) is 54.6 Å². The van der Waals surface area contributed by atoms with Crippen molar-refractivity contribution in [3.63, 3.8) is 0 Å². The van der Waals surface area contributed by atoms with Crippen molar-refractivity contribution in [2.24, 2.45) is 7.05 Å². The summed E-state index contributed by atoms with van der Waals surface area (Å²) in [5.74, 6) is -0.196. The first-order valence-corrected chi connectivity index (χ1v) is 6.65. The highest BCUT2D eigenvalue weighted by Crippen LogP contribution is 2.29. The summed E-state index contributed by atoms with van der Waals surface area (Å²) >= 11 is 6.30. The van der Waals surface area contributed by atoms with Crippen LogP contribution >= 0.6 is 11.6 Å². The van der Waals surface area contributed by atoms with E-state index in [1.807, 2.05) is 66.2 Å². The van der Waals surface area contributed by atoms with E-state index in [4.69, 9.17) is 11.6 Å². The standard InChI is InChI=1S/C16H13ClN2O/c1-19-13-10-6-5-9-12(13)14(15(19)17)16(20)18-11-7-3-2-4-8-11/h2-10H,1H3,(H,18,20).